The summed E-state index contributed by atoms with van der Waals surface area (Å²) < 4.78 is 21.8. The normalized spacial score (nSPS) is 13.3. The zero-order valence-electron chi connectivity index (χ0n) is 20.5. The number of hydrogen-bond donors (Lipinski definition) is 2. The average Bonchev–Trinajstić information content (AvgIpc) is 3.53. The monoisotopic (exact) mass is 539 g/mol. The number of benzene rings is 3. The summed E-state index contributed by atoms with van der Waals surface area (Å²) in [5, 5.41) is 9.64. The molecule has 38 heavy (non-hydrogen) atoms. The molecule has 3 N–H and O–H groups in total. The molecule has 0 radical (unpaired) electrons. The summed E-state index contributed by atoms with van der Waals surface area (Å²) in [4.78, 5) is 36.0. The summed E-state index contributed by atoms with van der Waals surface area (Å²) in [6.45, 7) is 3.09. The van der Waals surface area contributed by atoms with Crippen molar-refractivity contribution in [2.45, 2.75) is 19.4 Å². The van der Waals surface area contributed by atoms with E-state index in [1.807, 2.05) is 4.57 Å². The first kappa shape index (κ1) is 27.1. The number of primary amides is 1. The number of nitrogens with zero attached hydrogens (tertiary/aromatic N) is 2. The lowest BCUT2D eigenvalue weighted by molar-refractivity contribution is -0.122. The molecule has 0 aliphatic carbocycles. The first-order valence-electron chi connectivity index (χ1n) is 12.1. The summed E-state index contributed by atoms with van der Waals surface area (Å²) in [6.07, 6.45) is 4.15. The summed E-state index contributed by atoms with van der Waals surface area (Å²) in [7, 11) is 0. The van der Waals surface area contributed by atoms with Gasteiger partial charge in [0.15, 0.2) is 6.61 Å². The predicted octanol–water partition coefficient (Wildman–Crippen LogP) is 4.74. The lowest BCUT2D eigenvalue weighted by atomic mass is 10.1. The second-order valence-corrected chi connectivity index (χ2v) is 9.40. The Labute approximate surface area is 223 Å². The Balaban J connectivity index is 0.00000107. The van der Waals surface area contributed by atoms with Crippen molar-refractivity contribution in [1.82, 2.24) is 9.47 Å². The van der Waals surface area contributed by atoms with Crippen LogP contribution in [0.25, 0.3) is 21.7 Å². The Morgan fingerprint density at radius 2 is 1.76 bits per heavy atom. The van der Waals surface area contributed by atoms with Crippen molar-refractivity contribution in [2.24, 2.45) is 5.73 Å². The number of likely N-dealkylation sites (tertiary alicyclic amines) is 1. The summed E-state index contributed by atoms with van der Waals surface area (Å²) in [5.41, 5.74) is 6.85. The van der Waals surface area contributed by atoms with E-state index in [4.69, 9.17) is 32.0 Å². The Morgan fingerprint density at radius 1 is 1.03 bits per heavy atom. The van der Waals surface area contributed by atoms with Crippen LogP contribution >= 0.6 is 11.6 Å². The van der Waals surface area contributed by atoms with Crippen LogP contribution in [0.5, 0.6) is 5.75 Å². The topological polar surface area (TPSA) is 115 Å². The predicted molar refractivity (Wildman–Crippen MR) is 144 cm³/mol. The van der Waals surface area contributed by atoms with E-state index in [1.165, 1.54) is 25.0 Å². The van der Waals surface area contributed by atoms with Gasteiger partial charge < -0.3 is 25.0 Å². The molecule has 1 fully saturated rings. The van der Waals surface area contributed by atoms with E-state index in [-0.39, 0.29) is 36.0 Å². The largest absolute Gasteiger partial charge is 0.485 e. The van der Waals surface area contributed by atoms with Crippen LogP contribution in [-0.4, -0.2) is 59.0 Å². The summed E-state index contributed by atoms with van der Waals surface area (Å²) >= 11 is 6.06. The van der Waals surface area contributed by atoms with Crippen molar-refractivity contribution in [3.05, 3.63) is 76.7 Å². The van der Waals surface area contributed by atoms with Gasteiger partial charge >= 0.3 is 0 Å². The van der Waals surface area contributed by atoms with Crippen molar-refractivity contribution in [3.63, 3.8) is 0 Å². The quantitative estimate of drug-likeness (QED) is 0.247. The van der Waals surface area contributed by atoms with Crippen LogP contribution in [0.3, 0.4) is 0 Å². The highest BCUT2D eigenvalue weighted by atomic mass is 35.5. The van der Waals surface area contributed by atoms with Crippen LogP contribution in [-0.2, 0) is 11.3 Å². The van der Waals surface area contributed by atoms with Crippen LogP contribution in [0.1, 0.15) is 33.6 Å². The van der Waals surface area contributed by atoms with E-state index in [9.17, 15) is 14.0 Å². The number of carbonyl (C=O) groups is 3. The van der Waals surface area contributed by atoms with Crippen molar-refractivity contribution in [3.8, 4) is 5.75 Å². The van der Waals surface area contributed by atoms with Gasteiger partial charge in [-0.3, -0.25) is 14.4 Å². The van der Waals surface area contributed by atoms with Gasteiger partial charge in [-0.1, -0.05) is 17.7 Å². The lowest BCUT2D eigenvalue weighted by Gasteiger charge is -2.15. The molecule has 0 spiro atoms. The highest BCUT2D eigenvalue weighted by molar-refractivity contribution is 6.31. The van der Waals surface area contributed by atoms with E-state index >= 15 is 0 Å². The molecule has 1 amide bonds. The molecule has 1 aliphatic heterocycles. The maximum absolute atomic E-state index is 14.0. The van der Waals surface area contributed by atoms with Crippen LogP contribution in [0.2, 0.25) is 5.02 Å². The van der Waals surface area contributed by atoms with Gasteiger partial charge in [-0.05, 0) is 79.2 Å². The van der Waals surface area contributed by atoms with Gasteiger partial charge in [0.05, 0.1) is 11.1 Å². The van der Waals surface area contributed by atoms with Crippen molar-refractivity contribution < 1.29 is 28.6 Å². The molecule has 1 aliphatic rings. The number of ketones is 1. The molecule has 4 aromatic rings. The molecule has 1 saturated heterocycles. The molecular formula is C28H27ClFN3O5. The summed E-state index contributed by atoms with van der Waals surface area (Å²) in [6, 6.07) is 13.0. The number of hydrogen-bond acceptors (Lipinski definition) is 5. The van der Waals surface area contributed by atoms with E-state index < -0.39 is 5.91 Å². The van der Waals surface area contributed by atoms with Gasteiger partial charge in [0, 0.05) is 35.3 Å². The molecule has 0 bridgehead atoms. The van der Waals surface area contributed by atoms with Crippen molar-refractivity contribution in [2.75, 3.05) is 26.2 Å². The molecule has 10 heteroatoms. The molecule has 5 rings (SSSR count). The third kappa shape index (κ3) is 6.12. The molecule has 0 saturated carbocycles. The zero-order valence-corrected chi connectivity index (χ0v) is 21.3. The van der Waals surface area contributed by atoms with E-state index in [0.29, 0.717) is 28.0 Å². The molecule has 2 heterocycles. The highest BCUT2D eigenvalue weighted by Gasteiger charge is 2.19. The standard InChI is InChI=1S/C27H25ClFN3O3.CH2O2/c28-19-4-3-17-13-26(22(27(30)34)12-18(17)11-19)35-16-25(33)23-15-32(10-9-31-7-1-2-8-31)24-14-20(29)5-6-21(23)24;2-1-3/h3-6,11-15H,1-2,7-10,16H2,(H2,30,34);1H,(H,2,3). The molecule has 8 nitrogen and oxygen atoms in total. The minimum absolute atomic E-state index is 0.169. The molecule has 198 valence electrons. The Bertz CT molecular complexity index is 1500. The maximum Gasteiger partial charge on any atom is 0.290 e. The smallest absolute Gasteiger partial charge is 0.290 e. The second-order valence-electron chi connectivity index (χ2n) is 8.97. The SMILES string of the molecule is NC(=O)c1cc2cc(Cl)ccc2cc1OCC(=O)c1cn(CCN2CCCC2)c2cc(F)ccc12.O=CO. The Morgan fingerprint density at radius 3 is 2.47 bits per heavy atom. The van der Waals surface area contributed by atoms with Gasteiger partial charge in [0.1, 0.15) is 11.6 Å². The molecule has 1 aromatic heterocycles. The number of halogens is 2. The van der Waals surface area contributed by atoms with Gasteiger partial charge in [-0.15, -0.1) is 0 Å². The Hall–Kier alpha value is -3.95. The first-order chi connectivity index (χ1) is 18.3. The number of carbonyl (C=O) groups excluding carboxylic acids is 2. The second kappa shape index (κ2) is 12.1. The average molecular weight is 540 g/mol. The number of aromatic nitrogens is 1. The molecule has 3 aromatic carbocycles. The maximum atomic E-state index is 14.0. The molecular weight excluding hydrogens is 513 g/mol. The van der Waals surface area contributed by atoms with Crippen LogP contribution in [0, 0.1) is 5.82 Å². The molecule has 0 atom stereocenters. The van der Waals surface area contributed by atoms with Crippen molar-refractivity contribution in [1.29, 1.82) is 0 Å². The molecule has 0 unspecified atom stereocenters. The number of nitrogens with two attached hydrogens (primary N) is 1. The summed E-state index contributed by atoms with van der Waals surface area (Å²) in [5.74, 6) is -1.06. The minimum Gasteiger partial charge on any atom is -0.485 e. The van der Waals surface area contributed by atoms with E-state index in [1.54, 1.807) is 42.6 Å². The van der Waals surface area contributed by atoms with E-state index in [0.717, 1.165) is 30.4 Å². The number of Topliss-reactive ketones (excluding diaryl/α,β-unsaturated/α-hetero) is 1. The number of rotatable bonds is 8. The van der Waals surface area contributed by atoms with Gasteiger partial charge in [0.2, 0.25) is 5.78 Å². The third-order valence-electron chi connectivity index (χ3n) is 6.53. The van der Waals surface area contributed by atoms with Crippen LogP contribution < -0.4 is 10.5 Å². The van der Waals surface area contributed by atoms with Crippen LogP contribution in [0.4, 0.5) is 4.39 Å². The fraction of sp³-hybridized carbons (Fsp3) is 0.250. The Kier molecular flexibility index (Phi) is 8.60. The lowest BCUT2D eigenvalue weighted by Crippen LogP contribution is -2.23. The number of ether oxygens (including phenoxy) is 1. The number of amides is 1. The van der Waals surface area contributed by atoms with Gasteiger partial charge in [-0.25, -0.2) is 4.39 Å². The number of fused-ring (bicyclic) bond motifs is 2. The fourth-order valence-corrected chi connectivity index (χ4v) is 4.89. The van der Waals surface area contributed by atoms with Gasteiger partial charge in [-0.2, -0.15) is 0 Å². The van der Waals surface area contributed by atoms with Gasteiger partial charge in [0.25, 0.3) is 12.4 Å². The van der Waals surface area contributed by atoms with Crippen molar-refractivity contribution >= 4 is 51.4 Å². The van der Waals surface area contributed by atoms with Crippen LogP contribution in [0.15, 0.2) is 54.7 Å². The minimum atomic E-state index is -0.664. The highest BCUT2D eigenvalue weighted by Crippen LogP contribution is 2.29. The third-order valence-corrected chi connectivity index (χ3v) is 6.76. The van der Waals surface area contributed by atoms with E-state index in [2.05, 4.69) is 4.90 Å². The fourth-order valence-electron chi connectivity index (χ4n) is 4.71. The zero-order chi connectivity index (χ0) is 27.2. The first-order valence-corrected chi connectivity index (χ1v) is 12.5. The number of carboxylic acid groups (broad SMARTS) is 1.